The Hall–Kier alpha value is -1.96. The Balaban J connectivity index is 1.61. The number of thiophene rings is 2. The molecule has 4 rings (SSSR count). The molecular formula is C15H14N4OS2. The summed E-state index contributed by atoms with van der Waals surface area (Å²) in [5.74, 6) is -0.0653. The van der Waals surface area contributed by atoms with E-state index in [1.165, 1.54) is 4.88 Å². The fourth-order valence-corrected chi connectivity index (χ4v) is 3.84. The van der Waals surface area contributed by atoms with Gasteiger partial charge in [-0.3, -0.25) is 10.1 Å². The van der Waals surface area contributed by atoms with Gasteiger partial charge in [0.2, 0.25) is 0 Å². The molecule has 1 aliphatic rings. The van der Waals surface area contributed by atoms with Crippen LogP contribution in [0.4, 0.5) is 0 Å². The average Bonchev–Trinajstić information content (AvgIpc) is 3.26. The number of carbonyl (C=O) groups is 1. The molecule has 2 N–H and O–H groups in total. The van der Waals surface area contributed by atoms with Crippen LogP contribution in [0.15, 0.2) is 41.1 Å². The molecule has 0 fully saturated rings. The summed E-state index contributed by atoms with van der Waals surface area (Å²) in [6, 6.07) is 10.0. The number of nitrogens with one attached hydrogen (secondary N) is 2. The van der Waals surface area contributed by atoms with Crippen molar-refractivity contribution in [1.29, 1.82) is 0 Å². The second kappa shape index (κ2) is 5.68. The van der Waals surface area contributed by atoms with E-state index in [2.05, 4.69) is 27.2 Å². The zero-order chi connectivity index (χ0) is 14.9. The van der Waals surface area contributed by atoms with E-state index in [0.29, 0.717) is 12.2 Å². The van der Waals surface area contributed by atoms with Crippen molar-refractivity contribution in [3.63, 3.8) is 0 Å². The SMILES string of the molecule is O=C1NC[C@@H](NCc2cccs2)n2nc(-c3cccs3)cc21. The van der Waals surface area contributed by atoms with Crippen LogP contribution in [0.25, 0.3) is 10.6 Å². The molecule has 0 spiro atoms. The molecule has 1 amide bonds. The predicted octanol–water partition coefficient (Wildman–Crippen LogP) is 2.70. The summed E-state index contributed by atoms with van der Waals surface area (Å²) in [7, 11) is 0. The fourth-order valence-electron chi connectivity index (χ4n) is 2.50. The Morgan fingerprint density at radius 2 is 2.18 bits per heavy atom. The number of carbonyl (C=O) groups excluding carboxylic acids is 1. The number of hydrogen-bond donors (Lipinski definition) is 2. The van der Waals surface area contributed by atoms with E-state index in [1.807, 2.05) is 34.3 Å². The largest absolute Gasteiger partial charge is 0.347 e. The molecule has 0 radical (unpaired) electrons. The molecule has 0 unspecified atom stereocenters. The Morgan fingerprint density at radius 3 is 2.95 bits per heavy atom. The maximum absolute atomic E-state index is 12.1. The maximum Gasteiger partial charge on any atom is 0.269 e. The first kappa shape index (κ1) is 13.7. The van der Waals surface area contributed by atoms with Crippen LogP contribution in [0.1, 0.15) is 21.5 Å². The summed E-state index contributed by atoms with van der Waals surface area (Å²) in [5, 5.41) is 15.1. The van der Waals surface area contributed by atoms with Crippen LogP contribution in [0, 0.1) is 0 Å². The predicted molar refractivity (Wildman–Crippen MR) is 88.1 cm³/mol. The van der Waals surface area contributed by atoms with Gasteiger partial charge in [0.05, 0.1) is 11.4 Å². The smallest absolute Gasteiger partial charge is 0.269 e. The number of hydrogen-bond acceptors (Lipinski definition) is 5. The van der Waals surface area contributed by atoms with Gasteiger partial charge in [0.25, 0.3) is 5.91 Å². The van der Waals surface area contributed by atoms with Gasteiger partial charge in [0, 0.05) is 11.4 Å². The van der Waals surface area contributed by atoms with Gasteiger partial charge in [-0.05, 0) is 29.0 Å². The summed E-state index contributed by atoms with van der Waals surface area (Å²) in [6.07, 6.45) is -0.0245. The summed E-state index contributed by atoms with van der Waals surface area (Å²) in [5.41, 5.74) is 1.46. The highest BCUT2D eigenvalue weighted by Gasteiger charge is 2.27. The van der Waals surface area contributed by atoms with E-state index < -0.39 is 0 Å². The van der Waals surface area contributed by atoms with Gasteiger partial charge in [-0.15, -0.1) is 22.7 Å². The first-order chi connectivity index (χ1) is 10.8. The molecule has 7 heteroatoms. The van der Waals surface area contributed by atoms with Crippen molar-refractivity contribution in [3.8, 4) is 10.6 Å². The van der Waals surface area contributed by atoms with Gasteiger partial charge in [-0.2, -0.15) is 5.10 Å². The average molecular weight is 330 g/mol. The molecule has 5 nitrogen and oxygen atoms in total. The molecular weight excluding hydrogens is 316 g/mol. The van der Waals surface area contributed by atoms with Gasteiger partial charge in [-0.25, -0.2) is 4.68 Å². The summed E-state index contributed by atoms with van der Waals surface area (Å²) in [6.45, 7) is 1.31. The Labute approximate surface area is 135 Å². The second-order valence-electron chi connectivity index (χ2n) is 5.02. The quantitative estimate of drug-likeness (QED) is 0.773. The van der Waals surface area contributed by atoms with Crippen LogP contribution in [-0.4, -0.2) is 22.2 Å². The number of rotatable bonds is 4. The standard InChI is InChI=1S/C15H14N4OS2/c20-15-12-7-11(13-4-2-6-22-13)18-19(12)14(9-17-15)16-8-10-3-1-5-21-10/h1-7,14,16H,8-9H2,(H,17,20)/t14-/m0/s1. The highest BCUT2D eigenvalue weighted by Crippen LogP contribution is 2.26. The molecule has 0 saturated carbocycles. The van der Waals surface area contributed by atoms with Crippen LogP contribution >= 0.6 is 22.7 Å². The molecule has 3 aromatic rings. The number of aromatic nitrogens is 2. The number of nitrogens with zero attached hydrogens (tertiary/aromatic N) is 2. The van der Waals surface area contributed by atoms with Crippen LogP contribution in [0.3, 0.4) is 0 Å². The Morgan fingerprint density at radius 1 is 1.32 bits per heavy atom. The van der Waals surface area contributed by atoms with Gasteiger partial charge >= 0.3 is 0 Å². The first-order valence-corrected chi connectivity index (χ1v) is 8.74. The van der Waals surface area contributed by atoms with Gasteiger partial charge in [0.1, 0.15) is 17.6 Å². The van der Waals surface area contributed by atoms with E-state index in [9.17, 15) is 4.79 Å². The lowest BCUT2D eigenvalue weighted by Gasteiger charge is -2.25. The lowest BCUT2D eigenvalue weighted by atomic mass is 10.2. The van der Waals surface area contributed by atoms with Crippen molar-refractivity contribution in [2.45, 2.75) is 12.7 Å². The third-order valence-electron chi connectivity index (χ3n) is 3.59. The van der Waals surface area contributed by atoms with E-state index in [-0.39, 0.29) is 12.1 Å². The molecule has 0 bridgehead atoms. The van der Waals surface area contributed by atoms with Gasteiger partial charge < -0.3 is 5.32 Å². The van der Waals surface area contributed by atoms with Crippen molar-refractivity contribution in [3.05, 3.63) is 51.7 Å². The normalized spacial score (nSPS) is 17.3. The minimum absolute atomic E-state index is 0.0245. The van der Waals surface area contributed by atoms with Crippen LogP contribution in [0.2, 0.25) is 0 Å². The summed E-state index contributed by atoms with van der Waals surface area (Å²) < 4.78 is 1.81. The molecule has 1 atom stereocenters. The molecule has 1 aliphatic heterocycles. The summed E-state index contributed by atoms with van der Waals surface area (Å²) >= 11 is 3.35. The minimum atomic E-state index is -0.0653. The second-order valence-corrected chi connectivity index (χ2v) is 7.00. The van der Waals surface area contributed by atoms with Gasteiger partial charge in [0.15, 0.2) is 0 Å². The lowest BCUT2D eigenvalue weighted by molar-refractivity contribution is 0.0900. The minimum Gasteiger partial charge on any atom is -0.347 e. The monoisotopic (exact) mass is 330 g/mol. The van der Waals surface area contributed by atoms with E-state index in [4.69, 9.17) is 0 Å². The lowest BCUT2D eigenvalue weighted by Crippen LogP contribution is -2.45. The zero-order valence-corrected chi connectivity index (χ0v) is 13.3. The zero-order valence-electron chi connectivity index (χ0n) is 11.7. The van der Waals surface area contributed by atoms with Crippen molar-refractivity contribution < 1.29 is 4.79 Å². The highest BCUT2D eigenvalue weighted by atomic mass is 32.1. The Kier molecular flexibility index (Phi) is 3.53. The van der Waals surface area contributed by atoms with Crippen LogP contribution < -0.4 is 10.6 Å². The summed E-state index contributed by atoms with van der Waals surface area (Å²) in [4.78, 5) is 14.4. The van der Waals surface area contributed by atoms with Crippen molar-refractivity contribution in [2.24, 2.45) is 0 Å². The molecule has 4 heterocycles. The van der Waals surface area contributed by atoms with Gasteiger partial charge in [-0.1, -0.05) is 12.1 Å². The fraction of sp³-hybridized carbons (Fsp3) is 0.200. The molecule has 0 aliphatic carbocycles. The molecule has 0 saturated heterocycles. The topological polar surface area (TPSA) is 59.0 Å². The number of amides is 1. The maximum atomic E-state index is 12.1. The number of fused-ring (bicyclic) bond motifs is 1. The van der Waals surface area contributed by atoms with E-state index in [0.717, 1.165) is 17.1 Å². The van der Waals surface area contributed by atoms with E-state index in [1.54, 1.807) is 22.7 Å². The van der Waals surface area contributed by atoms with Crippen molar-refractivity contribution in [2.75, 3.05) is 6.54 Å². The highest BCUT2D eigenvalue weighted by molar-refractivity contribution is 7.13. The third kappa shape index (κ3) is 2.47. The molecule has 0 aromatic carbocycles. The molecule has 22 heavy (non-hydrogen) atoms. The van der Waals surface area contributed by atoms with Crippen molar-refractivity contribution >= 4 is 28.6 Å². The van der Waals surface area contributed by atoms with E-state index >= 15 is 0 Å². The third-order valence-corrected chi connectivity index (χ3v) is 5.35. The first-order valence-electron chi connectivity index (χ1n) is 6.98. The Bertz CT molecular complexity index is 777. The molecule has 112 valence electrons. The van der Waals surface area contributed by atoms with Crippen LogP contribution in [-0.2, 0) is 6.54 Å². The molecule has 3 aromatic heterocycles. The van der Waals surface area contributed by atoms with Crippen LogP contribution in [0.5, 0.6) is 0 Å². The van der Waals surface area contributed by atoms with Crippen molar-refractivity contribution in [1.82, 2.24) is 20.4 Å².